The first-order valence-electron chi connectivity index (χ1n) is 9.76. The minimum Gasteiger partial charge on any atom is -0.341 e. The van der Waals surface area contributed by atoms with Gasteiger partial charge >= 0.3 is 6.18 Å². The van der Waals surface area contributed by atoms with Crippen LogP contribution in [0, 0.1) is 0 Å². The number of likely N-dealkylation sites (tertiary alicyclic amines) is 1. The van der Waals surface area contributed by atoms with Crippen LogP contribution in [0.4, 0.5) is 13.2 Å². The topological polar surface area (TPSA) is 81.2 Å². The van der Waals surface area contributed by atoms with Crippen molar-refractivity contribution in [2.24, 2.45) is 0 Å². The van der Waals surface area contributed by atoms with Crippen LogP contribution in [-0.4, -0.2) is 38.6 Å². The van der Waals surface area contributed by atoms with E-state index in [2.05, 4.69) is 10.1 Å². The van der Waals surface area contributed by atoms with E-state index < -0.39 is 29.8 Å². The molecule has 0 aliphatic carbocycles. The molecule has 1 fully saturated rings. The van der Waals surface area contributed by atoms with Crippen molar-refractivity contribution in [1.29, 1.82) is 0 Å². The van der Waals surface area contributed by atoms with Gasteiger partial charge in [0.05, 0.1) is 5.56 Å². The van der Waals surface area contributed by atoms with E-state index >= 15 is 0 Å². The normalized spacial score (nSPS) is 15.3. The second-order valence-electron chi connectivity index (χ2n) is 7.36. The number of pyridine rings is 1. The smallest absolute Gasteiger partial charge is 0.341 e. The average Bonchev–Trinajstić information content (AvgIpc) is 3.25. The zero-order valence-electron chi connectivity index (χ0n) is 16.4. The van der Waals surface area contributed by atoms with Gasteiger partial charge in [-0.15, -0.1) is 0 Å². The molecular weight excluding hydrogens is 413 g/mol. The molecule has 1 amide bonds. The zero-order valence-corrected chi connectivity index (χ0v) is 16.4. The molecule has 3 heterocycles. The molecule has 0 saturated carbocycles. The number of aromatic nitrogens is 3. The summed E-state index contributed by atoms with van der Waals surface area (Å²) in [4.78, 5) is 30.4. The number of rotatable bonds is 4. The predicted octanol–water partition coefficient (Wildman–Crippen LogP) is 3.32. The van der Waals surface area contributed by atoms with E-state index in [4.69, 9.17) is 4.52 Å². The van der Waals surface area contributed by atoms with Crippen molar-refractivity contribution < 1.29 is 22.5 Å². The summed E-state index contributed by atoms with van der Waals surface area (Å²) in [5.41, 5.74) is -0.781. The maximum atomic E-state index is 12.9. The predicted molar refractivity (Wildman–Crippen MR) is 104 cm³/mol. The number of benzene rings is 1. The summed E-state index contributed by atoms with van der Waals surface area (Å²) in [6.45, 7) is 0.340. The van der Waals surface area contributed by atoms with Gasteiger partial charge in [0.1, 0.15) is 6.54 Å². The first-order chi connectivity index (χ1) is 14.8. The van der Waals surface area contributed by atoms with Crippen molar-refractivity contribution in [2.45, 2.75) is 31.5 Å². The lowest BCUT2D eigenvalue weighted by Gasteiger charge is -2.30. The van der Waals surface area contributed by atoms with E-state index in [1.54, 1.807) is 0 Å². The van der Waals surface area contributed by atoms with Crippen LogP contribution in [0.3, 0.4) is 0 Å². The largest absolute Gasteiger partial charge is 0.417 e. The Kier molecular flexibility index (Phi) is 5.62. The minimum atomic E-state index is -4.58. The Morgan fingerprint density at radius 3 is 2.48 bits per heavy atom. The highest BCUT2D eigenvalue weighted by atomic mass is 19.4. The van der Waals surface area contributed by atoms with Crippen molar-refractivity contribution in [3.05, 3.63) is 70.5 Å². The number of amides is 1. The van der Waals surface area contributed by atoms with Crippen molar-refractivity contribution in [1.82, 2.24) is 19.6 Å². The Hall–Kier alpha value is -3.43. The molecule has 0 spiro atoms. The molecule has 4 rings (SSSR count). The fourth-order valence-corrected chi connectivity index (χ4v) is 3.55. The van der Waals surface area contributed by atoms with Crippen LogP contribution in [0.25, 0.3) is 11.4 Å². The number of carbonyl (C=O) groups is 1. The molecule has 0 unspecified atom stereocenters. The summed E-state index contributed by atoms with van der Waals surface area (Å²) in [7, 11) is 0. The average molecular weight is 432 g/mol. The van der Waals surface area contributed by atoms with Gasteiger partial charge in [-0.05, 0) is 18.9 Å². The van der Waals surface area contributed by atoms with E-state index in [1.165, 1.54) is 4.90 Å². The second-order valence-corrected chi connectivity index (χ2v) is 7.36. The standard InChI is InChI=1S/C21H19F3N4O3/c22-21(23,24)16-6-7-17(29)28(12-16)13-18(30)27-10-8-15(9-11-27)20-25-19(26-31-20)14-4-2-1-3-5-14/h1-7,12,15H,8-11,13H2. The molecule has 1 saturated heterocycles. The van der Waals surface area contributed by atoms with Crippen molar-refractivity contribution in [3.8, 4) is 11.4 Å². The van der Waals surface area contributed by atoms with E-state index in [-0.39, 0.29) is 5.92 Å². The molecule has 2 aromatic heterocycles. The van der Waals surface area contributed by atoms with Crippen molar-refractivity contribution in [3.63, 3.8) is 0 Å². The maximum absolute atomic E-state index is 12.9. The monoisotopic (exact) mass is 432 g/mol. The van der Waals surface area contributed by atoms with E-state index in [0.29, 0.717) is 49.9 Å². The van der Waals surface area contributed by atoms with Crippen LogP contribution in [0.15, 0.2) is 58.0 Å². The van der Waals surface area contributed by atoms with E-state index in [9.17, 15) is 22.8 Å². The molecule has 1 aliphatic heterocycles. The van der Waals surface area contributed by atoms with E-state index in [1.807, 2.05) is 30.3 Å². The number of hydrogen-bond acceptors (Lipinski definition) is 5. The van der Waals surface area contributed by atoms with Gasteiger partial charge in [0, 0.05) is 36.8 Å². The molecule has 10 heteroatoms. The van der Waals surface area contributed by atoms with Crippen LogP contribution < -0.4 is 5.56 Å². The molecule has 162 valence electrons. The Morgan fingerprint density at radius 1 is 1.10 bits per heavy atom. The summed E-state index contributed by atoms with van der Waals surface area (Å²) in [5.74, 6) is 0.582. The van der Waals surface area contributed by atoms with Gasteiger partial charge in [0.25, 0.3) is 5.56 Å². The second kappa shape index (κ2) is 8.37. The van der Waals surface area contributed by atoms with Crippen LogP contribution in [-0.2, 0) is 17.5 Å². The number of nitrogens with zero attached hydrogens (tertiary/aromatic N) is 4. The fraction of sp³-hybridized carbons (Fsp3) is 0.333. The summed E-state index contributed by atoms with van der Waals surface area (Å²) >= 11 is 0. The van der Waals surface area contributed by atoms with Gasteiger partial charge in [0.15, 0.2) is 0 Å². The number of hydrogen-bond donors (Lipinski definition) is 0. The lowest BCUT2D eigenvalue weighted by Crippen LogP contribution is -2.41. The molecule has 0 bridgehead atoms. The summed E-state index contributed by atoms with van der Waals surface area (Å²) in [6.07, 6.45) is -2.74. The third kappa shape index (κ3) is 4.68. The molecule has 31 heavy (non-hydrogen) atoms. The van der Waals surface area contributed by atoms with Gasteiger partial charge in [-0.1, -0.05) is 35.5 Å². The van der Waals surface area contributed by atoms with Gasteiger partial charge in [-0.3, -0.25) is 9.59 Å². The molecule has 0 radical (unpaired) electrons. The number of halogens is 3. The summed E-state index contributed by atoms with van der Waals surface area (Å²) < 4.78 is 44.8. The van der Waals surface area contributed by atoms with E-state index in [0.717, 1.165) is 16.2 Å². The highest BCUT2D eigenvalue weighted by Crippen LogP contribution is 2.29. The first kappa shape index (κ1) is 20.8. The lowest BCUT2D eigenvalue weighted by molar-refractivity contribution is -0.139. The van der Waals surface area contributed by atoms with Crippen LogP contribution >= 0.6 is 0 Å². The zero-order chi connectivity index (χ0) is 22.0. The molecular formula is C21H19F3N4O3. The Balaban J connectivity index is 1.38. The molecule has 1 aromatic carbocycles. The number of alkyl halides is 3. The molecule has 7 nitrogen and oxygen atoms in total. The summed E-state index contributed by atoms with van der Waals surface area (Å²) in [5, 5.41) is 4.01. The first-order valence-corrected chi connectivity index (χ1v) is 9.76. The highest BCUT2D eigenvalue weighted by molar-refractivity contribution is 5.76. The third-order valence-corrected chi connectivity index (χ3v) is 5.29. The highest BCUT2D eigenvalue weighted by Gasteiger charge is 2.32. The van der Waals surface area contributed by atoms with Crippen molar-refractivity contribution in [2.75, 3.05) is 13.1 Å². The van der Waals surface area contributed by atoms with Gasteiger partial charge in [0.2, 0.25) is 17.6 Å². The molecule has 0 atom stereocenters. The number of piperidine rings is 1. The fourth-order valence-electron chi connectivity index (χ4n) is 3.55. The number of carbonyl (C=O) groups excluding carboxylic acids is 1. The SMILES string of the molecule is O=C(Cn1cc(C(F)(F)F)ccc1=O)N1CCC(c2nc(-c3ccccc3)no2)CC1. The Morgan fingerprint density at radius 2 is 1.81 bits per heavy atom. The Bertz CT molecular complexity index is 1120. The van der Waals surface area contributed by atoms with Gasteiger partial charge in [-0.2, -0.15) is 18.2 Å². The molecule has 1 aliphatic rings. The maximum Gasteiger partial charge on any atom is 0.417 e. The van der Waals surface area contributed by atoms with Crippen LogP contribution in [0.2, 0.25) is 0 Å². The molecule has 0 N–H and O–H groups in total. The van der Waals surface area contributed by atoms with Crippen LogP contribution in [0.5, 0.6) is 0 Å². The lowest BCUT2D eigenvalue weighted by atomic mass is 9.96. The van der Waals surface area contributed by atoms with Crippen molar-refractivity contribution >= 4 is 5.91 Å². The van der Waals surface area contributed by atoms with Crippen LogP contribution in [0.1, 0.15) is 30.2 Å². The quantitative estimate of drug-likeness (QED) is 0.632. The van der Waals surface area contributed by atoms with Gasteiger partial charge in [-0.25, -0.2) is 0 Å². The molecule has 3 aromatic rings. The minimum absolute atomic E-state index is 0.00899. The van der Waals surface area contributed by atoms with Gasteiger partial charge < -0.3 is 14.0 Å². The Labute approximate surface area is 175 Å². The summed E-state index contributed by atoms with van der Waals surface area (Å²) in [6, 6.07) is 10.9. The third-order valence-electron chi connectivity index (χ3n) is 5.29.